The Hall–Kier alpha value is -0.120. The fourth-order valence-corrected chi connectivity index (χ4v) is 1.26. The zero-order valence-electron chi connectivity index (χ0n) is 9.12. The van der Waals surface area contributed by atoms with Gasteiger partial charge in [-0.1, -0.05) is 6.92 Å². The molecule has 0 amide bonds. The smallest absolute Gasteiger partial charge is 0.0589 e. The number of likely N-dealkylation sites (N-methyl/N-ethyl adjacent to an activating group) is 1. The van der Waals surface area contributed by atoms with Crippen LogP contribution in [0.15, 0.2) is 0 Å². The van der Waals surface area contributed by atoms with Crippen molar-refractivity contribution in [3.8, 4) is 0 Å². The van der Waals surface area contributed by atoms with Crippen LogP contribution in [0.4, 0.5) is 0 Å². The molecule has 0 saturated carbocycles. The predicted octanol–water partition coefficient (Wildman–Crippen LogP) is 1.12. The molecule has 0 aliphatic carbocycles. The van der Waals surface area contributed by atoms with Gasteiger partial charge in [-0.15, -0.1) is 0 Å². The number of ether oxygens (including phenoxy) is 1. The lowest BCUT2D eigenvalue weighted by Gasteiger charge is -2.19. The summed E-state index contributed by atoms with van der Waals surface area (Å²) in [6.45, 7) is 7.90. The number of hydrogen-bond donors (Lipinski definition) is 1. The van der Waals surface area contributed by atoms with Crippen molar-refractivity contribution in [1.82, 2.24) is 4.90 Å². The molecule has 0 saturated heterocycles. The molecule has 1 unspecified atom stereocenters. The molecule has 13 heavy (non-hydrogen) atoms. The van der Waals surface area contributed by atoms with Crippen molar-refractivity contribution in [3.05, 3.63) is 0 Å². The summed E-state index contributed by atoms with van der Waals surface area (Å²) in [7, 11) is 1.73. The summed E-state index contributed by atoms with van der Waals surface area (Å²) < 4.78 is 5.01. The first-order valence-electron chi connectivity index (χ1n) is 5.10. The van der Waals surface area contributed by atoms with Crippen LogP contribution in [0.1, 0.15) is 26.7 Å². The average molecular weight is 189 g/mol. The monoisotopic (exact) mass is 189 g/mol. The molecule has 0 aromatic heterocycles. The Labute approximate surface area is 81.7 Å². The maximum absolute atomic E-state index is 9.07. The van der Waals surface area contributed by atoms with Crippen LogP contribution >= 0.6 is 0 Å². The van der Waals surface area contributed by atoms with Gasteiger partial charge in [0.1, 0.15) is 0 Å². The standard InChI is InChI=1S/C10H23NO2/c1-4-11(8-9-13-3)7-5-6-10(2)12/h10,12H,4-9H2,1-3H3. The van der Waals surface area contributed by atoms with Gasteiger partial charge in [0.2, 0.25) is 0 Å². The van der Waals surface area contributed by atoms with Crippen LogP contribution in [0.3, 0.4) is 0 Å². The Kier molecular flexibility index (Phi) is 8.40. The van der Waals surface area contributed by atoms with E-state index in [0.29, 0.717) is 0 Å². The number of nitrogens with zero attached hydrogens (tertiary/aromatic N) is 1. The molecule has 3 nitrogen and oxygen atoms in total. The van der Waals surface area contributed by atoms with Crippen molar-refractivity contribution < 1.29 is 9.84 Å². The van der Waals surface area contributed by atoms with Gasteiger partial charge >= 0.3 is 0 Å². The fraction of sp³-hybridized carbons (Fsp3) is 1.00. The van der Waals surface area contributed by atoms with Crippen molar-refractivity contribution in [2.45, 2.75) is 32.8 Å². The molecular weight excluding hydrogens is 166 g/mol. The molecule has 0 aromatic carbocycles. The second kappa shape index (κ2) is 8.48. The highest BCUT2D eigenvalue weighted by atomic mass is 16.5. The minimum absolute atomic E-state index is 0.166. The highest BCUT2D eigenvalue weighted by Gasteiger charge is 2.02. The molecule has 0 heterocycles. The van der Waals surface area contributed by atoms with E-state index in [1.165, 1.54) is 0 Å². The molecular formula is C10H23NO2. The zero-order chi connectivity index (χ0) is 10.1. The summed E-state index contributed by atoms with van der Waals surface area (Å²) in [5, 5.41) is 9.07. The Morgan fingerprint density at radius 1 is 1.38 bits per heavy atom. The normalized spacial score (nSPS) is 13.6. The fourth-order valence-electron chi connectivity index (χ4n) is 1.26. The van der Waals surface area contributed by atoms with Gasteiger partial charge in [-0.05, 0) is 32.9 Å². The third-order valence-corrected chi connectivity index (χ3v) is 2.16. The molecule has 0 aromatic rings. The number of rotatable bonds is 8. The van der Waals surface area contributed by atoms with Crippen molar-refractivity contribution in [1.29, 1.82) is 0 Å². The van der Waals surface area contributed by atoms with Gasteiger partial charge in [0.15, 0.2) is 0 Å². The minimum atomic E-state index is -0.166. The van der Waals surface area contributed by atoms with Crippen LogP contribution in [-0.2, 0) is 4.74 Å². The third-order valence-electron chi connectivity index (χ3n) is 2.16. The minimum Gasteiger partial charge on any atom is -0.393 e. The van der Waals surface area contributed by atoms with Crippen LogP contribution in [0, 0.1) is 0 Å². The van der Waals surface area contributed by atoms with Gasteiger partial charge in [-0.3, -0.25) is 0 Å². The quantitative estimate of drug-likeness (QED) is 0.621. The molecule has 0 bridgehead atoms. The van der Waals surface area contributed by atoms with E-state index in [1.54, 1.807) is 7.11 Å². The topological polar surface area (TPSA) is 32.7 Å². The SMILES string of the molecule is CCN(CCCC(C)O)CCOC. The lowest BCUT2D eigenvalue weighted by Crippen LogP contribution is -2.28. The first-order valence-corrected chi connectivity index (χ1v) is 5.10. The molecule has 0 aliphatic heterocycles. The summed E-state index contributed by atoms with van der Waals surface area (Å²) in [6, 6.07) is 0. The van der Waals surface area contributed by atoms with E-state index in [1.807, 2.05) is 6.92 Å². The van der Waals surface area contributed by atoms with E-state index < -0.39 is 0 Å². The summed E-state index contributed by atoms with van der Waals surface area (Å²) in [4.78, 5) is 2.34. The molecule has 0 spiro atoms. The maximum Gasteiger partial charge on any atom is 0.0589 e. The van der Waals surface area contributed by atoms with E-state index in [2.05, 4.69) is 11.8 Å². The Morgan fingerprint density at radius 3 is 2.54 bits per heavy atom. The zero-order valence-corrected chi connectivity index (χ0v) is 9.12. The Bertz CT molecular complexity index is 107. The first-order chi connectivity index (χ1) is 6.20. The highest BCUT2D eigenvalue weighted by Crippen LogP contribution is 1.98. The van der Waals surface area contributed by atoms with Gasteiger partial charge in [0.25, 0.3) is 0 Å². The van der Waals surface area contributed by atoms with Crippen molar-refractivity contribution in [2.24, 2.45) is 0 Å². The number of aliphatic hydroxyl groups is 1. The van der Waals surface area contributed by atoms with Gasteiger partial charge in [0.05, 0.1) is 12.7 Å². The molecule has 80 valence electrons. The second-order valence-corrected chi connectivity index (χ2v) is 3.42. The molecule has 0 radical (unpaired) electrons. The summed E-state index contributed by atoms with van der Waals surface area (Å²) in [6.07, 6.45) is 1.79. The van der Waals surface area contributed by atoms with Gasteiger partial charge in [0, 0.05) is 13.7 Å². The van der Waals surface area contributed by atoms with Crippen LogP contribution in [0.5, 0.6) is 0 Å². The number of aliphatic hydroxyl groups excluding tert-OH is 1. The summed E-state index contributed by atoms with van der Waals surface area (Å²) in [5.74, 6) is 0. The van der Waals surface area contributed by atoms with E-state index >= 15 is 0 Å². The lowest BCUT2D eigenvalue weighted by atomic mass is 10.2. The molecule has 1 atom stereocenters. The van der Waals surface area contributed by atoms with Crippen LogP contribution in [-0.4, -0.2) is 49.5 Å². The van der Waals surface area contributed by atoms with Gasteiger partial charge in [-0.25, -0.2) is 0 Å². The largest absolute Gasteiger partial charge is 0.393 e. The molecule has 0 aliphatic rings. The van der Waals surface area contributed by atoms with E-state index in [-0.39, 0.29) is 6.10 Å². The maximum atomic E-state index is 9.07. The van der Waals surface area contributed by atoms with E-state index in [9.17, 15) is 0 Å². The van der Waals surface area contributed by atoms with E-state index in [0.717, 1.165) is 39.1 Å². The van der Waals surface area contributed by atoms with Crippen LogP contribution in [0.25, 0.3) is 0 Å². The van der Waals surface area contributed by atoms with Gasteiger partial charge in [-0.2, -0.15) is 0 Å². The van der Waals surface area contributed by atoms with Crippen molar-refractivity contribution in [2.75, 3.05) is 33.4 Å². The number of methoxy groups -OCH3 is 1. The lowest BCUT2D eigenvalue weighted by molar-refractivity contribution is 0.140. The van der Waals surface area contributed by atoms with Crippen molar-refractivity contribution >= 4 is 0 Å². The highest BCUT2D eigenvalue weighted by molar-refractivity contribution is 4.56. The summed E-state index contributed by atoms with van der Waals surface area (Å²) >= 11 is 0. The second-order valence-electron chi connectivity index (χ2n) is 3.42. The Morgan fingerprint density at radius 2 is 2.08 bits per heavy atom. The van der Waals surface area contributed by atoms with Gasteiger partial charge < -0.3 is 14.7 Å². The van der Waals surface area contributed by atoms with E-state index in [4.69, 9.17) is 9.84 Å². The Balaban J connectivity index is 3.36. The third kappa shape index (κ3) is 8.22. The summed E-state index contributed by atoms with van der Waals surface area (Å²) in [5.41, 5.74) is 0. The average Bonchev–Trinajstić information content (AvgIpc) is 2.10. The van der Waals surface area contributed by atoms with Crippen LogP contribution in [0.2, 0.25) is 0 Å². The molecule has 3 heteroatoms. The molecule has 0 fully saturated rings. The molecule has 0 rings (SSSR count). The predicted molar refractivity (Wildman–Crippen MR) is 54.9 cm³/mol. The van der Waals surface area contributed by atoms with Crippen LogP contribution < -0.4 is 0 Å². The molecule has 1 N–H and O–H groups in total. The number of hydrogen-bond acceptors (Lipinski definition) is 3. The van der Waals surface area contributed by atoms with Crippen molar-refractivity contribution in [3.63, 3.8) is 0 Å². The first kappa shape index (κ1) is 12.9.